The van der Waals surface area contributed by atoms with Crippen LogP contribution in [0.1, 0.15) is 13.8 Å². The van der Waals surface area contributed by atoms with Gasteiger partial charge in [-0.25, -0.2) is 26.3 Å². The SMILES string of the molecule is C[C@@H](O)CNS(=O)(=O)c1ccc(Oc2ccc(S(=O)(=O)NC[C@@H](C)O)cc2)cc1. The molecule has 0 amide bonds. The summed E-state index contributed by atoms with van der Waals surface area (Å²) in [6.45, 7) is 2.75. The normalized spacial score (nSPS) is 14.3. The summed E-state index contributed by atoms with van der Waals surface area (Å²) in [5, 5.41) is 18.4. The predicted octanol–water partition coefficient (Wildman–Crippen LogP) is 0.797. The topological polar surface area (TPSA) is 142 Å². The molecule has 0 bridgehead atoms. The number of rotatable bonds is 10. The van der Waals surface area contributed by atoms with E-state index in [4.69, 9.17) is 4.74 Å². The summed E-state index contributed by atoms with van der Waals surface area (Å²) < 4.78 is 58.5. The average molecular weight is 445 g/mol. The number of ether oxygens (including phenoxy) is 1. The van der Waals surface area contributed by atoms with E-state index in [1.165, 1.54) is 62.4 Å². The Labute approximate surface area is 170 Å². The first-order chi connectivity index (χ1) is 13.5. The largest absolute Gasteiger partial charge is 0.457 e. The Morgan fingerprint density at radius 2 is 1.03 bits per heavy atom. The number of hydrogen-bond acceptors (Lipinski definition) is 7. The van der Waals surface area contributed by atoms with E-state index < -0.39 is 32.3 Å². The molecule has 0 unspecified atom stereocenters. The molecule has 0 aliphatic carbocycles. The molecule has 4 N–H and O–H groups in total. The van der Waals surface area contributed by atoms with Gasteiger partial charge in [-0.1, -0.05) is 0 Å². The molecule has 11 heteroatoms. The minimum Gasteiger partial charge on any atom is -0.457 e. The van der Waals surface area contributed by atoms with Crippen molar-refractivity contribution in [2.75, 3.05) is 13.1 Å². The summed E-state index contributed by atoms with van der Waals surface area (Å²) in [6.07, 6.45) is -1.61. The van der Waals surface area contributed by atoms with E-state index in [-0.39, 0.29) is 22.9 Å². The van der Waals surface area contributed by atoms with Crippen molar-refractivity contribution >= 4 is 20.0 Å². The van der Waals surface area contributed by atoms with Gasteiger partial charge in [0, 0.05) is 13.1 Å². The Balaban J connectivity index is 2.05. The summed E-state index contributed by atoms with van der Waals surface area (Å²) >= 11 is 0. The van der Waals surface area contributed by atoms with Gasteiger partial charge in [-0.15, -0.1) is 0 Å². The van der Waals surface area contributed by atoms with Crippen molar-refractivity contribution in [2.24, 2.45) is 0 Å². The molecule has 0 fully saturated rings. The number of benzene rings is 2. The molecule has 2 atom stereocenters. The second-order valence-electron chi connectivity index (χ2n) is 6.45. The van der Waals surface area contributed by atoms with Gasteiger partial charge in [0.15, 0.2) is 0 Å². The summed E-state index contributed by atoms with van der Waals surface area (Å²) in [4.78, 5) is 0.0484. The molecule has 160 valence electrons. The maximum Gasteiger partial charge on any atom is 0.240 e. The van der Waals surface area contributed by atoms with Crippen LogP contribution in [0.25, 0.3) is 0 Å². The summed E-state index contributed by atoms with van der Waals surface area (Å²) in [5.41, 5.74) is 0. The van der Waals surface area contributed by atoms with Gasteiger partial charge in [0.25, 0.3) is 0 Å². The van der Waals surface area contributed by atoms with Gasteiger partial charge < -0.3 is 14.9 Å². The van der Waals surface area contributed by atoms with Crippen LogP contribution < -0.4 is 14.2 Å². The second kappa shape index (κ2) is 9.65. The molecular formula is C18H24N2O7S2. The maximum absolute atomic E-state index is 12.1. The van der Waals surface area contributed by atoms with Gasteiger partial charge >= 0.3 is 0 Å². The van der Waals surface area contributed by atoms with Gasteiger partial charge in [0.1, 0.15) is 11.5 Å². The molecule has 2 rings (SSSR count). The van der Waals surface area contributed by atoms with E-state index in [1.54, 1.807) is 0 Å². The molecule has 0 heterocycles. The van der Waals surface area contributed by atoms with Gasteiger partial charge in [-0.2, -0.15) is 0 Å². The number of hydrogen-bond donors (Lipinski definition) is 4. The highest BCUT2D eigenvalue weighted by Gasteiger charge is 2.16. The van der Waals surface area contributed by atoms with E-state index in [9.17, 15) is 27.0 Å². The summed E-state index contributed by atoms with van der Waals surface area (Å²) in [5.74, 6) is 0.727. The lowest BCUT2D eigenvalue weighted by Gasteiger charge is -2.11. The molecule has 2 aromatic carbocycles. The number of nitrogens with one attached hydrogen (secondary N) is 2. The average Bonchev–Trinajstić information content (AvgIpc) is 2.66. The highest BCUT2D eigenvalue weighted by molar-refractivity contribution is 7.89. The monoisotopic (exact) mass is 444 g/mol. The molecule has 0 saturated heterocycles. The third kappa shape index (κ3) is 7.07. The molecule has 0 radical (unpaired) electrons. The first-order valence-electron chi connectivity index (χ1n) is 8.73. The van der Waals surface area contributed by atoms with Crippen LogP contribution >= 0.6 is 0 Å². The van der Waals surface area contributed by atoms with Crippen LogP contribution in [0, 0.1) is 0 Å². The zero-order valence-corrected chi connectivity index (χ0v) is 17.6. The highest BCUT2D eigenvalue weighted by atomic mass is 32.2. The smallest absolute Gasteiger partial charge is 0.240 e. The first kappa shape index (κ1) is 23.3. The van der Waals surface area contributed by atoms with E-state index in [2.05, 4.69) is 9.44 Å². The van der Waals surface area contributed by atoms with Gasteiger partial charge in [0.2, 0.25) is 20.0 Å². The third-order valence-electron chi connectivity index (χ3n) is 3.64. The van der Waals surface area contributed by atoms with Crippen LogP contribution in [-0.2, 0) is 20.0 Å². The minimum atomic E-state index is -3.74. The molecule has 29 heavy (non-hydrogen) atoms. The van der Waals surface area contributed by atoms with E-state index in [0.29, 0.717) is 11.5 Å². The maximum atomic E-state index is 12.1. The van der Waals surface area contributed by atoms with Crippen molar-refractivity contribution in [1.82, 2.24) is 9.44 Å². The Kier molecular flexibility index (Phi) is 7.74. The minimum absolute atomic E-state index is 0.0242. The van der Waals surface area contributed by atoms with Gasteiger partial charge in [-0.3, -0.25) is 0 Å². The third-order valence-corrected chi connectivity index (χ3v) is 6.52. The Bertz CT molecular complexity index is 918. The van der Waals surface area contributed by atoms with Crippen LogP contribution in [0.5, 0.6) is 11.5 Å². The number of aliphatic hydroxyl groups excluding tert-OH is 2. The predicted molar refractivity (Wildman–Crippen MR) is 107 cm³/mol. The zero-order valence-electron chi connectivity index (χ0n) is 15.9. The Hall–Kier alpha value is -2.02. The summed E-state index contributed by atoms with van der Waals surface area (Å²) in [7, 11) is -7.47. The van der Waals surface area contributed by atoms with E-state index >= 15 is 0 Å². The summed E-state index contributed by atoms with van der Waals surface area (Å²) in [6, 6.07) is 11.3. The van der Waals surface area contributed by atoms with E-state index in [0.717, 1.165) is 0 Å². The lowest BCUT2D eigenvalue weighted by molar-refractivity contribution is 0.198. The Morgan fingerprint density at radius 1 is 0.724 bits per heavy atom. The molecule has 2 aromatic rings. The zero-order chi connectivity index (χ0) is 21.7. The standard InChI is InChI=1S/C18H24N2O7S2/c1-13(21)11-19-28(23,24)17-7-3-15(4-8-17)27-16-5-9-18(10-6-16)29(25,26)20-12-14(2)22/h3-10,13-14,19-22H,11-12H2,1-2H3/t13-,14-/m1/s1. The highest BCUT2D eigenvalue weighted by Crippen LogP contribution is 2.24. The molecule has 0 spiro atoms. The van der Waals surface area contributed by atoms with Crippen molar-refractivity contribution in [3.8, 4) is 11.5 Å². The van der Waals surface area contributed by atoms with Gasteiger partial charge in [-0.05, 0) is 62.4 Å². The molecule has 0 saturated carbocycles. The number of aliphatic hydroxyl groups is 2. The molecule has 0 aliphatic heterocycles. The van der Waals surface area contributed by atoms with Crippen molar-refractivity contribution in [1.29, 1.82) is 0 Å². The number of sulfonamides is 2. The van der Waals surface area contributed by atoms with Crippen LogP contribution in [-0.4, -0.2) is 52.3 Å². The molecule has 0 aliphatic rings. The van der Waals surface area contributed by atoms with Crippen LogP contribution in [0.2, 0.25) is 0 Å². The fourth-order valence-corrected chi connectivity index (χ4v) is 4.38. The quantitative estimate of drug-likeness (QED) is 0.424. The lowest BCUT2D eigenvalue weighted by Crippen LogP contribution is -2.30. The van der Waals surface area contributed by atoms with Crippen LogP contribution in [0.15, 0.2) is 58.3 Å². The van der Waals surface area contributed by atoms with Crippen molar-refractivity contribution in [2.45, 2.75) is 35.8 Å². The van der Waals surface area contributed by atoms with Gasteiger partial charge in [0.05, 0.1) is 22.0 Å². The van der Waals surface area contributed by atoms with E-state index in [1.807, 2.05) is 0 Å². The molecule has 0 aromatic heterocycles. The second-order valence-corrected chi connectivity index (χ2v) is 9.98. The fourth-order valence-electron chi connectivity index (χ4n) is 2.14. The Morgan fingerprint density at radius 3 is 1.31 bits per heavy atom. The lowest BCUT2D eigenvalue weighted by atomic mass is 10.3. The van der Waals surface area contributed by atoms with Crippen molar-refractivity contribution in [3.63, 3.8) is 0 Å². The van der Waals surface area contributed by atoms with Crippen LogP contribution in [0.3, 0.4) is 0 Å². The first-order valence-corrected chi connectivity index (χ1v) is 11.7. The van der Waals surface area contributed by atoms with Crippen molar-refractivity contribution < 1.29 is 31.8 Å². The van der Waals surface area contributed by atoms with Crippen LogP contribution in [0.4, 0.5) is 0 Å². The fraction of sp³-hybridized carbons (Fsp3) is 0.333. The molecular weight excluding hydrogens is 420 g/mol. The van der Waals surface area contributed by atoms with Crippen molar-refractivity contribution in [3.05, 3.63) is 48.5 Å². The molecule has 9 nitrogen and oxygen atoms in total.